The molecule has 3 amide bonds. The van der Waals surface area contributed by atoms with Crippen LogP contribution >= 0.6 is 12.6 Å². The average molecular weight is 438 g/mol. The first-order chi connectivity index (χ1) is 14.3. The molecule has 30 heavy (non-hydrogen) atoms. The van der Waals surface area contributed by atoms with Gasteiger partial charge in [0, 0.05) is 12.5 Å². The summed E-state index contributed by atoms with van der Waals surface area (Å²) in [6.07, 6.45) is 0.615. The van der Waals surface area contributed by atoms with Gasteiger partial charge in [0.05, 0.1) is 6.04 Å². The minimum Gasteiger partial charge on any atom is -0.445 e. The Bertz CT molecular complexity index is 714. The second-order valence-electron chi connectivity index (χ2n) is 7.93. The topological polar surface area (TPSA) is 117 Å². The third-order valence-electron chi connectivity index (χ3n) is 4.92. The van der Waals surface area contributed by atoms with Gasteiger partial charge in [0.25, 0.3) is 0 Å². The summed E-state index contributed by atoms with van der Waals surface area (Å²) in [5.41, 5.74) is -0.294. The fourth-order valence-corrected chi connectivity index (χ4v) is 3.52. The molecule has 1 fully saturated rings. The Hall–Kier alpha value is -2.26. The molecule has 0 saturated carbocycles. The van der Waals surface area contributed by atoms with Crippen LogP contribution in [0.1, 0.15) is 38.7 Å². The van der Waals surface area contributed by atoms with Crippen LogP contribution in [0, 0.1) is 11.8 Å². The first kappa shape index (κ1) is 24.0. The van der Waals surface area contributed by atoms with Crippen molar-refractivity contribution in [2.75, 3.05) is 6.54 Å². The fraction of sp³-hybridized carbons (Fsp3) is 0.571. The molecule has 1 saturated heterocycles. The number of rotatable bonds is 10. The summed E-state index contributed by atoms with van der Waals surface area (Å²) in [5.74, 6) is -0.693. The van der Waals surface area contributed by atoms with E-state index in [1.165, 1.54) is 0 Å². The van der Waals surface area contributed by atoms with Crippen molar-refractivity contribution < 1.29 is 24.2 Å². The number of ether oxygens (including phenoxy) is 1. The highest BCUT2D eigenvalue weighted by Crippen LogP contribution is 2.19. The average Bonchev–Trinajstić information content (AvgIpc) is 3.10. The standard InChI is InChI=1S/C21H31N3O5S/c1-13(2)10-16(24-21(28)29-12-14-6-4-3-5-7-14)19(26)23-17(20(27)30)11-15-8-9-22-18(15)25/h3-7,13,15-17,20,27,30H,8-12H2,1-2H3,(H,22,25)(H,23,26)(H,24,28)/t15-,16-,17-,20+/m0/s1. The minimum absolute atomic E-state index is 0.0930. The normalized spacial score (nSPS) is 19.0. The maximum Gasteiger partial charge on any atom is 0.408 e. The number of carbonyl (C=O) groups is 3. The van der Waals surface area contributed by atoms with Crippen LogP contribution in [0.4, 0.5) is 4.79 Å². The van der Waals surface area contributed by atoms with Gasteiger partial charge in [-0.1, -0.05) is 44.2 Å². The number of nitrogens with one attached hydrogen (secondary N) is 3. The van der Waals surface area contributed by atoms with E-state index in [4.69, 9.17) is 4.74 Å². The first-order valence-corrected chi connectivity index (χ1v) is 10.7. The quantitative estimate of drug-likeness (QED) is 0.282. The lowest BCUT2D eigenvalue weighted by Gasteiger charge is -2.26. The number of benzene rings is 1. The van der Waals surface area contributed by atoms with Gasteiger partial charge in [0.15, 0.2) is 0 Å². The molecule has 0 aromatic heterocycles. The molecule has 9 heteroatoms. The van der Waals surface area contributed by atoms with Gasteiger partial charge in [-0.3, -0.25) is 9.59 Å². The van der Waals surface area contributed by atoms with E-state index in [0.29, 0.717) is 19.4 Å². The molecule has 0 unspecified atom stereocenters. The van der Waals surface area contributed by atoms with Gasteiger partial charge in [-0.15, -0.1) is 12.6 Å². The number of aliphatic hydroxyl groups is 1. The van der Waals surface area contributed by atoms with Gasteiger partial charge in [0.2, 0.25) is 11.8 Å². The van der Waals surface area contributed by atoms with E-state index in [9.17, 15) is 19.5 Å². The lowest BCUT2D eigenvalue weighted by molar-refractivity contribution is -0.126. The lowest BCUT2D eigenvalue weighted by atomic mass is 9.97. The molecule has 8 nitrogen and oxygen atoms in total. The maximum atomic E-state index is 12.8. The summed E-state index contributed by atoms with van der Waals surface area (Å²) in [6.45, 7) is 4.55. The SMILES string of the molecule is CC(C)C[C@H](NC(=O)OCc1ccccc1)C(=O)N[C@@H](C[C@@H]1CCNC1=O)[C@H](O)S. The van der Waals surface area contributed by atoms with E-state index in [2.05, 4.69) is 28.6 Å². The predicted octanol–water partition coefficient (Wildman–Crippen LogP) is 1.59. The van der Waals surface area contributed by atoms with Gasteiger partial charge in [0.1, 0.15) is 18.1 Å². The number of thiol groups is 1. The number of hydrogen-bond acceptors (Lipinski definition) is 6. The van der Waals surface area contributed by atoms with Crippen LogP contribution in [-0.2, 0) is 20.9 Å². The molecule has 0 bridgehead atoms. The van der Waals surface area contributed by atoms with Crippen molar-refractivity contribution in [3.8, 4) is 0 Å². The van der Waals surface area contributed by atoms with Crippen LogP contribution in [0.5, 0.6) is 0 Å². The molecule has 1 aliphatic rings. The summed E-state index contributed by atoms with van der Waals surface area (Å²) in [5, 5.41) is 18.0. The summed E-state index contributed by atoms with van der Waals surface area (Å²) in [7, 11) is 0. The first-order valence-electron chi connectivity index (χ1n) is 10.2. The largest absolute Gasteiger partial charge is 0.445 e. The van der Waals surface area contributed by atoms with Crippen molar-refractivity contribution in [2.45, 2.75) is 57.2 Å². The summed E-state index contributed by atoms with van der Waals surface area (Å²) in [4.78, 5) is 36.9. The molecule has 0 radical (unpaired) electrons. The number of amides is 3. The molecule has 166 valence electrons. The van der Waals surface area contributed by atoms with Gasteiger partial charge < -0.3 is 25.8 Å². The van der Waals surface area contributed by atoms with Crippen LogP contribution < -0.4 is 16.0 Å². The van der Waals surface area contributed by atoms with Gasteiger partial charge in [-0.05, 0) is 30.7 Å². The molecule has 4 atom stereocenters. The Balaban J connectivity index is 1.94. The van der Waals surface area contributed by atoms with Crippen molar-refractivity contribution >= 4 is 30.5 Å². The Kier molecular flexibility index (Phi) is 9.45. The fourth-order valence-electron chi connectivity index (χ4n) is 3.32. The van der Waals surface area contributed by atoms with E-state index >= 15 is 0 Å². The Morgan fingerprint density at radius 1 is 1.27 bits per heavy atom. The van der Waals surface area contributed by atoms with E-state index in [-0.39, 0.29) is 30.8 Å². The zero-order valence-electron chi connectivity index (χ0n) is 17.3. The highest BCUT2D eigenvalue weighted by Gasteiger charge is 2.32. The third kappa shape index (κ3) is 7.87. The molecule has 1 heterocycles. The number of aliphatic hydroxyl groups excluding tert-OH is 1. The molecular weight excluding hydrogens is 406 g/mol. The van der Waals surface area contributed by atoms with Crippen LogP contribution in [0.15, 0.2) is 30.3 Å². The van der Waals surface area contributed by atoms with Crippen LogP contribution in [-0.4, -0.2) is 47.1 Å². The monoisotopic (exact) mass is 437 g/mol. The number of alkyl carbamates (subject to hydrolysis) is 1. The Morgan fingerprint density at radius 3 is 2.53 bits per heavy atom. The molecule has 0 aliphatic carbocycles. The van der Waals surface area contributed by atoms with Crippen molar-refractivity contribution in [1.82, 2.24) is 16.0 Å². The third-order valence-corrected chi connectivity index (χ3v) is 5.28. The predicted molar refractivity (Wildman–Crippen MR) is 116 cm³/mol. The molecule has 4 N–H and O–H groups in total. The van der Waals surface area contributed by atoms with Crippen molar-refractivity contribution in [1.29, 1.82) is 0 Å². The van der Waals surface area contributed by atoms with Crippen molar-refractivity contribution in [3.05, 3.63) is 35.9 Å². The summed E-state index contributed by atoms with van der Waals surface area (Å²) >= 11 is 4.05. The van der Waals surface area contributed by atoms with E-state index in [1.807, 2.05) is 44.2 Å². The maximum absolute atomic E-state index is 12.8. The summed E-state index contributed by atoms with van der Waals surface area (Å²) in [6, 6.07) is 7.69. The molecule has 1 aliphatic heterocycles. The number of carbonyl (C=O) groups excluding carboxylic acids is 3. The van der Waals surface area contributed by atoms with E-state index in [0.717, 1.165) is 5.56 Å². The second kappa shape index (κ2) is 11.8. The highest BCUT2D eigenvalue weighted by atomic mass is 32.1. The molecular formula is C21H31N3O5S. The van der Waals surface area contributed by atoms with Crippen LogP contribution in [0.3, 0.4) is 0 Å². The van der Waals surface area contributed by atoms with Crippen LogP contribution in [0.2, 0.25) is 0 Å². The van der Waals surface area contributed by atoms with Crippen molar-refractivity contribution in [2.24, 2.45) is 11.8 Å². The Morgan fingerprint density at radius 2 is 1.97 bits per heavy atom. The molecule has 0 spiro atoms. The van der Waals surface area contributed by atoms with E-state index in [1.54, 1.807) is 0 Å². The molecule has 1 aromatic rings. The van der Waals surface area contributed by atoms with Gasteiger partial charge in [-0.2, -0.15) is 0 Å². The second-order valence-corrected chi connectivity index (χ2v) is 8.46. The van der Waals surface area contributed by atoms with Crippen LogP contribution in [0.25, 0.3) is 0 Å². The lowest BCUT2D eigenvalue weighted by Crippen LogP contribution is -2.52. The van der Waals surface area contributed by atoms with E-state index < -0.39 is 29.5 Å². The number of hydrogen-bond donors (Lipinski definition) is 5. The zero-order valence-corrected chi connectivity index (χ0v) is 18.2. The molecule has 1 aromatic carbocycles. The van der Waals surface area contributed by atoms with Crippen molar-refractivity contribution in [3.63, 3.8) is 0 Å². The Labute approximate surface area is 182 Å². The highest BCUT2D eigenvalue weighted by molar-refractivity contribution is 7.80. The minimum atomic E-state index is -1.13. The molecule has 2 rings (SSSR count). The smallest absolute Gasteiger partial charge is 0.408 e. The zero-order chi connectivity index (χ0) is 22.1. The summed E-state index contributed by atoms with van der Waals surface area (Å²) < 4.78 is 5.22. The van der Waals surface area contributed by atoms with Gasteiger partial charge >= 0.3 is 6.09 Å². The van der Waals surface area contributed by atoms with Gasteiger partial charge in [-0.25, -0.2) is 4.79 Å².